The Hall–Kier alpha value is -3.92. The molecule has 2 heterocycles. The summed E-state index contributed by atoms with van der Waals surface area (Å²) in [6, 6.07) is 14.4. The minimum Gasteiger partial charge on any atom is -0.493 e. The molecule has 1 aliphatic heterocycles. The second kappa shape index (κ2) is 8.44. The smallest absolute Gasteiger partial charge is 0.344 e. The minimum absolute atomic E-state index is 0.0416. The molecule has 158 valence electrons. The van der Waals surface area contributed by atoms with Crippen LogP contribution in [0.2, 0.25) is 0 Å². The van der Waals surface area contributed by atoms with E-state index in [9.17, 15) is 10.1 Å². The molecule has 4 rings (SSSR count). The fourth-order valence-corrected chi connectivity index (χ4v) is 3.71. The number of nitrogens with two attached hydrogens (primary N) is 1. The van der Waals surface area contributed by atoms with Crippen LogP contribution < -0.4 is 25.6 Å². The van der Waals surface area contributed by atoms with Crippen LogP contribution in [0.15, 0.2) is 63.1 Å². The summed E-state index contributed by atoms with van der Waals surface area (Å²) in [7, 11) is 1.56. The van der Waals surface area contributed by atoms with Crippen molar-refractivity contribution in [1.82, 2.24) is 0 Å². The zero-order chi connectivity index (χ0) is 22.0. The molecular weight excluding hydrogens is 396 g/mol. The zero-order valence-corrected chi connectivity index (χ0v) is 17.3. The maximum atomic E-state index is 13.0. The number of nitrogens with zero attached hydrogens (tertiary/aromatic N) is 1. The SMILES string of the molecule is CCCCOc1cc(C2C(C#N)=C(N)Oc3c2c(=O)oc2ccccc32)ccc1OC. The first-order valence-corrected chi connectivity index (χ1v) is 10.0. The van der Waals surface area contributed by atoms with Crippen LogP contribution in [0.4, 0.5) is 0 Å². The van der Waals surface area contributed by atoms with Crippen molar-refractivity contribution in [1.29, 1.82) is 5.26 Å². The molecule has 0 spiro atoms. The molecule has 2 aromatic carbocycles. The maximum Gasteiger partial charge on any atom is 0.344 e. The largest absolute Gasteiger partial charge is 0.493 e. The van der Waals surface area contributed by atoms with Crippen LogP contribution in [0.25, 0.3) is 11.0 Å². The molecule has 0 radical (unpaired) electrons. The molecule has 0 saturated carbocycles. The molecule has 7 nitrogen and oxygen atoms in total. The van der Waals surface area contributed by atoms with Gasteiger partial charge in [-0.05, 0) is 36.2 Å². The molecule has 7 heteroatoms. The summed E-state index contributed by atoms with van der Waals surface area (Å²) in [5.41, 5.74) is 6.94. The maximum absolute atomic E-state index is 13.0. The number of methoxy groups -OCH3 is 1. The van der Waals surface area contributed by atoms with Crippen LogP contribution in [0, 0.1) is 11.3 Å². The second-order valence-electron chi connectivity index (χ2n) is 7.17. The predicted octanol–water partition coefficient (Wildman–Crippen LogP) is 4.20. The van der Waals surface area contributed by atoms with E-state index in [1.807, 2.05) is 6.07 Å². The number of hydrogen-bond acceptors (Lipinski definition) is 7. The third-order valence-electron chi connectivity index (χ3n) is 5.25. The standard InChI is InChI=1S/C24H22N2O5/c1-3-4-11-29-19-12-14(9-10-18(19)28-2)20-16(13-25)23(26)31-22-15-7-5-6-8-17(15)30-24(27)21(20)22/h5-10,12,20H,3-4,11,26H2,1-2H3. The van der Waals surface area contributed by atoms with Crippen molar-refractivity contribution in [2.75, 3.05) is 13.7 Å². The van der Waals surface area contributed by atoms with Crippen molar-refractivity contribution in [3.05, 3.63) is 75.5 Å². The lowest BCUT2D eigenvalue weighted by Gasteiger charge is -2.26. The predicted molar refractivity (Wildman–Crippen MR) is 115 cm³/mol. The van der Waals surface area contributed by atoms with Gasteiger partial charge in [0.1, 0.15) is 17.2 Å². The number of fused-ring (bicyclic) bond motifs is 3. The van der Waals surface area contributed by atoms with Crippen LogP contribution >= 0.6 is 0 Å². The number of hydrogen-bond donors (Lipinski definition) is 1. The van der Waals surface area contributed by atoms with E-state index >= 15 is 0 Å². The molecule has 1 aliphatic rings. The first-order valence-electron chi connectivity index (χ1n) is 10.0. The number of benzene rings is 2. The normalized spacial score (nSPS) is 15.2. The number of ether oxygens (including phenoxy) is 3. The van der Waals surface area contributed by atoms with Crippen molar-refractivity contribution in [3.8, 4) is 23.3 Å². The Labute approximate surface area is 179 Å². The molecule has 2 N–H and O–H groups in total. The van der Waals surface area contributed by atoms with E-state index in [1.165, 1.54) is 0 Å². The van der Waals surface area contributed by atoms with Gasteiger partial charge in [-0.2, -0.15) is 5.26 Å². The van der Waals surface area contributed by atoms with Gasteiger partial charge < -0.3 is 24.4 Å². The van der Waals surface area contributed by atoms with E-state index in [0.29, 0.717) is 40.4 Å². The highest BCUT2D eigenvalue weighted by Crippen LogP contribution is 2.45. The van der Waals surface area contributed by atoms with Crippen LogP contribution in [0.1, 0.15) is 36.8 Å². The summed E-state index contributed by atoms with van der Waals surface area (Å²) in [4.78, 5) is 13.0. The summed E-state index contributed by atoms with van der Waals surface area (Å²) < 4.78 is 22.6. The molecule has 0 saturated heterocycles. The Morgan fingerprint density at radius 2 is 2.00 bits per heavy atom. The average Bonchev–Trinajstić information content (AvgIpc) is 2.78. The summed E-state index contributed by atoms with van der Waals surface area (Å²) >= 11 is 0. The van der Waals surface area contributed by atoms with E-state index in [4.69, 9.17) is 24.4 Å². The van der Waals surface area contributed by atoms with Gasteiger partial charge in [0, 0.05) is 0 Å². The van der Waals surface area contributed by atoms with E-state index in [0.717, 1.165) is 12.8 Å². The summed E-state index contributed by atoms with van der Waals surface area (Å²) in [5.74, 6) is 0.599. The fraction of sp³-hybridized carbons (Fsp3) is 0.250. The molecule has 0 bridgehead atoms. The van der Waals surface area contributed by atoms with E-state index < -0.39 is 11.5 Å². The van der Waals surface area contributed by atoms with Crippen LogP contribution in [-0.2, 0) is 0 Å². The second-order valence-corrected chi connectivity index (χ2v) is 7.17. The number of rotatable bonds is 6. The number of para-hydroxylation sites is 1. The minimum atomic E-state index is -0.756. The third kappa shape index (κ3) is 3.57. The van der Waals surface area contributed by atoms with Crippen LogP contribution in [0.5, 0.6) is 17.2 Å². The van der Waals surface area contributed by atoms with Crippen LogP contribution in [0.3, 0.4) is 0 Å². The van der Waals surface area contributed by atoms with Crippen molar-refractivity contribution >= 4 is 11.0 Å². The lowest BCUT2D eigenvalue weighted by molar-refractivity contribution is 0.288. The molecule has 31 heavy (non-hydrogen) atoms. The van der Waals surface area contributed by atoms with Gasteiger partial charge in [-0.15, -0.1) is 0 Å². The quantitative estimate of drug-likeness (QED) is 0.472. The molecule has 0 amide bonds. The summed E-state index contributed by atoms with van der Waals surface area (Å²) in [6.45, 7) is 2.60. The van der Waals surface area contributed by atoms with Gasteiger partial charge in [-0.1, -0.05) is 31.5 Å². The number of nitriles is 1. The van der Waals surface area contributed by atoms with Crippen molar-refractivity contribution in [2.45, 2.75) is 25.7 Å². The molecular formula is C24H22N2O5. The lowest BCUT2D eigenvalue weighted by Crippen LogP contribution is -2.26. The Balaban J connectivity index is 1.92. The van der Waals surface area contributed by atoms with Gasteiger partial charge in [-0.3, -0.25) is 0 Å². The van der Waals surface area contributed by atoms with Gasteiger partial charge >= 0.3 is 5.63 Å². The van der Waals surface area contributed by atoms with E-state index in [2.05, 4.69) is 13.0 Å². The first-order chi connectivity index (χ1) is 15.1. The molecule has 1 aromatic heterocycles. The summed E-state index contributed by atoms with van der Waals surface area (Å²) in [6.07, 6.45) is 1.88. The average molecular weight is 418 g/mol. The number of allylic oxidation sites excluding steroid dienone is 1. The first kappa shape index (κ1) is 20.4. The Bertz CT molecular complexity index is 1270. The molecule has 1 unspecified atom stereocenters. The molecule has 0 aliphatic carbocycles. The van der Waals surface area contributed by atoms with Gasteiger partial charge in [-0.25, -0.2) is 4.79 Å². The third-order valence-corrected chi connectivity index (χ3v) is 5.25. The monoisotopic (exact) mass is 418 g/mol. The van der Waals surface area contributed by atoms with E-state index in [1.54, 1.807) is 43.5 Å². The van der Waals surface area contributed by atoms with Crippen molar-refractivity contribution in [2.24, 2.45) is 5.73 Å². The number of unbranched alkanes of at least 4 members (excludes halogenated alkanes) is 1. The summed E-state index contributed by atoms with van der Waals surface area (Å²) in [5, 5.41) is 10.4. The molecule has 0 fully saturated rings. The van der Waals surface area contributed by atoms with Gasteiger partial charge in [0.05, 0.1) is 30.6 Å². The molecule has 1 atom stereocenters. The Kier molecular flexibility index (Phi) is 5.54. The van der Waals surface area contributed by atoms with Gasteiger partial charge in [0.25, 0.3) is 0 Å². The van der Waals surface area contributed by atoms with E-state index in [-0.39, 0.29) is 17.0 Å². The molecule has 3 aromatic rings. The highest BCUT2D eigenvalue weighted by atomic mass is 16.5. The van der Waals surface area contributed by atoms with Crippen molar-refractivity contribution < 1.29 is 18.6 Å². The highest BCUT2D eigenvalue weighted by molar-refractivity contribution is 5.86. The Morgan fingerprint density at radius 3 is 2.74 bits per heavy atom. The van der Waals surface area contributed by atoms with Crippen molar-refractivity contribution in [3.63, 3.8) is 0 Å². The Morgan fingerprint density at radius 1 is 1.19 bits per heavy atom. The zero-order valence-electron chi connectivity index (χ0n) is 17.3. The highest BCUT2D eigenvalue weighted by Gasteiger charge is 2.35. The lowest BCUT2D eigenvalue weighted by atomic mass is 9.83. The van der Waals surface area contributed by atoms with Crippen LogP contribution in [-0.4, -0.2) is 13.7 Å². The topological polar surface area (TPSA) is 108 Å². The van der Waals surface area contributed by atoms with Gasteiger partial charge in [0.15, 0.2) is 17.2 Å². The van der Waals surface area contributed by atoms with Gasteiger partial charge in [0.2, 0.25) is 5.88 Å². The fourth-order valence-electron chi connectivity index (χ4n) is 3.71.